The summed E-state index contributed by atoms with van der Waals surface area (Å²) >= 11 is 12.6. The normalized spacial score (nSPS) is 23.6. The Hall–Kier alpha value is -1.75. The third-order valence-corrected chi connectivity index (χ3v) is 9.68. The molecule has 3 aromatic rings. The van der Waals surface area contributed by atoms with Gasteiger partial charge < -0.3 is 5.11 Å². The number of allylic oxidation sites excluding steroid dienone is 1. The molecule has 0 saturated carbocycles. The Morgan fingerprint density at radius 2 is 2.00 bits per heavy atom. The Morgan fingerprint density at radius 1 is 1.25 bits per heavy atom. The van der Waals surface area contributed by atoms with E-state index >= 15 is 0 Å². The molecule has 1 aliphatic heterocycles. The van der Waals surface area contributed by atoms with Crippen LogP contribution in [-0.4, -0.2) is 74.9 Å². The molecule has 2 aliphatic rings. The highest BCUT2D eigenvalue weighted by atomic mass is 35.5. The van der Waals surface area contributed by atoms with Crippen molar-refractivity contribution in [2.75, 3.05) is 18.6 Å². The highest BCUT2D eigenvalue weighted by Gasteiger charge is 2.39. The monoisotopic (exact) mass is 627 g/mol. The second kappa shape index (κ2) is 12.2. The van der Waals surface area contributed by atoms with Crippen LogP contribution in [0.3, 0.4) is 0 Å². The van der Waals surface area contributed by atoms with Gasteiger partial charge in [-0.2, -0.15) is 5.10 Å². The Bertz CT molecular complexity index is 1530. The predicted octanol–water partition coefficient (Wildman–Crippen LogP) is 5.52. The minimum absolute atomic E-state index is 0. The molecule has 0 radical (unpaired) electrons. The fourth-order valence-corrected chi connectivity index (χ4v) is 7.65. The molecule has 1 fully saturated rings. The number of rotatable bonds is 7. The van der Waals surface area contributed by atoms with Crippen molar-refractivity contribution in [3.63, 3.8) is 0 Å². The number of likely N-dealkylation sites (tertiary alicyclic amines) is 1. The molecule has 0 amide bonds. The van der Waals surface area contributed by atoms with Crippen molar-refractivity contribution in [2.45, 2.75) is 70.7 Å². The molecule has 2 aromatic heterocycles. The lowest BCUT2D eigenvalue weighted by molar-refractivity contribution is 0.0463. The predicted molar refractivity (Wildman–Crippen MR) is 163 cm³/mol. The summed E-state index contributed by atoms with van der Waals surface area (Å²) in [6, 6.07) is 5.43. The van der Waals surface area contributed by atoms with E-state index in [1.807, 2.05) is 36.9 Å². The van der Waals surface area contributed by atoms with Crippen LogP contribution < -0.4 is 0 Å². The van der Waals surface area contributed by atoms with Gasteiger partial charge in [-0.15, -0.1) is 12.4 Å². The zero-order chi connectivity index (χ0) is 28.1. The van der Waals surface area contributed by atoms with E-state index < -0.39 is 15.9 Å². The Kier molecular flexibility index (Phi) is 9.54. The van der Waals surface area contributed by atoms with Crippen LogP contribution in [0, 0.1) is 12.8 Å². The van der Waals surface area contributed by atoms with Gasteiger partial charge in [0.25, 0.3) is 0 Å². The van der Waals surface area contributed by atoms with Crippen molar-refractivity contribution >= 4 is 62.2 Å². The first kappa shape index (κ1) is 31.2. The van der Waals surface area contributed by atoms with Crippen LogP contribution in [0.15, 0.2) is 30.5 Å². The first-order valence-electron chi connectivity index (χ1n) is 13.4. The molecule has 8 nitrogen and oxygen atoms in total. The number of aromatic nitrogens is 4. The molecule has 0 bridgehead atoms. The lowest BCUT2D eigenvalue weighted by Gasteiger charge is -2.40. The van der Waals surface area contributed by atoms with E-state index in [0.717, 1.165) is 60.3 Å². The summed E-state index contributed by atoms with van der Waals surface area (Å²) in [7, 11) is -3.25. The van der Waals surface area contributed by atoms with Crippen molar-refractivity contribution < 1.29 is 13.5 Å². The SMILES string of the molecule is Cc1nn([C@H](C)c2ccc(Cl)cc2Cl)c2nc(C3=CC[C@H](N4CCC[C@H]4C(O)CS(C)(=O)=O)[C@H](C)C3)cnc12.Cl. The van der Waals surface area contributed by atoms with E-state index in [4.69, 9.17) is 38.3 Å². The van der Waals surface area contributed by atoms with E-state index in [1.54, 1.807) is 6.07 Å². The first-order chi connectivity index (χ1) is 18.4. The summed E-state index contributed by atoms with van der Waals surface area (Å²) in [5.41, 5.74) is 5.16. The van der Waals surface area contributed by atoms with E-state index in [0.29, 0.717) is 21.6 Å². The molecular formula is C28H36Cl3N5O3S. The van der Waals surface area contributed by atoms with Gasteiger partial charge in [0, 0.05) is 28.4 Å². The highest BCUT2D eigenvalue weighted by Crippen LogP contribution is 2.37. The maximum absolute atomic E-state index is 11.8. The molecule has 218 valence electrons. The van der Waals surface area contributed by atoms with Crippen molar-refractivity contribution in [2.24, 2.45) is 5.92 Å². The van der Waals surface area contributed by atoms with Crippen LogP contribution >= 0.6 is 35.6 Å². The van der Waals surface area contributed by atoms with Gasteiger partial charge in [-0.3, -0.25) is 4.90 Å². The van der Waals surface area contributed by atoms with Gasteiger partial charge in [-0.05, 0) is 75.3 Å². The van der Waals surface area contributed by atoms with Crippen molar-refractivity contribution in [1.29, 1.82) is 0 Å². The van der Waals surface area contributed by atoms with E-state index in [-0.39, 0.29) is 36.3 Å². The number of sulfone groups is 1. The summed E-state index contributed by atoms with van der Waals surface area (Å²) in [5.74, 6) is 0.116. The third-order valence-electron chi connectivity index (χ3n) is 8.17. The lowest BCUT2D eigenvalue weighted by Crippen LogP contribution is -2.50. The fourth-order valence-electron chi connectivity index (χ4n) is 6.24. The molecule has 1 unspecified atom stereocenters. The Balaban J connectivity index is 0.00000370. The van der Waals surface area contributed by atoms with Gasteiger partial charge >= 0.3 is 0 Å². The number of fused-ring (bicyclic) bond motifs is 1. The molecule has 1 aromatic carbocycles. The number of aliphatic hydroxyl groups excluding tert-OH is 1. The first-order valence-corrected chi connectivity index (χ1v) is 16.2. The number of hydrogen-bond acceptors (Lipinski definition) is 7. The smallest absolute Gasteiger partial charge is 0.178 e. The van der Waals surface area contributed by atoms with E-state index in [2.05, 4.69) is 17.9 Å². The molecule has 1 saturated heterocycles. The largest absolute Gasteiger partial charge is 0.390 e. The van der Waals surface area contributed by atoms with Gasteiger partial charge in [0.05, 0.1) is 35.5 Å². The van der Waals surface area contributed by atoms with Crippen LogP contribution in [0.1, 0.15) is 62.5 Å². The average Bonchev–Trinajstić information content (AvgIpc) is 3.47. The Labute approximate surface area is 252 Å². The van der Waals surface area contributed by atoms with Crippen LogP contribution in [0.2, 0.25) is 10.0 Å². The average molecular weight is 629 g/mol. The number of nitrogens with zero attached hydrogens (tertiary/aromatic N) is 5. The van der Waals surface area contributed by atoms with Crippen LogP contribution in [-0.2, 0) is 9.84 Å². The highest BCUT2D eigenvalue weighted by molar-refractivity contribution is 7.90. The van der Waals surface area contributed by atoms with Gasteiger partial charge in [-0.25, -0.2) is 23.1 Å². The van der Waals surface area contributed by atoms with Gasteiger partial charge in [0.1, 0.15) is 15.4 Å². The quantitative estimate of drug-likeness (QED) is 0.367. The van der Waals surface area contributed by atoms with Gasteiger partial charge in [0.2, 0.25) is 0 Å². The maximum atomic E-state index is 11.8. The maximum Gasteiger partial charge on any atom is 0.178 e. The van der Waals surface area contributed by atoms with Crippen LogP contribution in [0.5, 0.6) is 0 Å². The fraction of sp³-hybridized carbons (Fsp3) is 0.536. The third kappa shape index (κ3) is 6.35. The lowest BCUT2D eigenvalue weighted by atomic mass is 9.83. The summed E-state index contributed by atoms with van der Waals surface area (Å²) in [5, 5.41) is 16.6. The van der Waals surface area contributed by atoms with Gasteiger partial charge in [0.15, 0.2) is 5.65 Å². The number of aryl methyl sites for hydroxylation is 1. The molecule has 1 N–H and O–H groups in total. The molecule has 0 spiro atoms. The second-order valence-electron chi connectivity index (χ2n) is 11.1. The minimum atomic E-state index is -3.25. The van der Waals surface area contributed by atoms with Gasteiger partial charge in [-0.1, -0.05) is 42.3 Å². The summed E-state index contributed by atoms with van der Waals surface area (Å²) in [6.07, 6.45) is 7.79. The number of benzene rings is 1. The molecule has 12 heteroatoms. The van der Waals surface area contributed by atoms with Crippen molar-refractivity contribution in [3.8, 4) is 0 Å². The number of aliphatic hydroxyl groups is 1. The zero-order valence-electron chi connectivity index (χ0n) is 23.1. The van der Waals surface area contributed by atoms with Crippen LogP contribution in [0.25, 0.3) is 16.7 Å². The van der Waals surface area contributed by atoms with Crippen molar-refractivity contribution in [1.82, 2.24) is 24.6 Å². The van der Waals surface area contributed by atoms with Crippen molar-refractivity contribution in [3.05, 3.63) is 57.5 Å². The van der Waals surface area contributed by atoms with E-state index in [9.17, 15) is 13.5 Å². The summed E-state index contributed by atoms with van der Waals surface area (Å²) in [6.45, 7) is 7.06. The standard InChI is InChI=1S/C28H35Cl2N5O3S.ClH/c1-16-12-19(7-10-24(16)34-11-5-6-25(34)26(36)15-39(4,37)38)23-14-31-27-17(2)33-35(28(27)32-23)18(3)21-9-8-20(29)13-22(21)30;/h7-9,13-14,16,18,24-26,36H,5-6,10-12,15H2,1-4H3;1H/t16-,18-,24+,25+,26?;/m1./s1. The molecule has 40 heavy (non-hydrogen) atoms. The molecule has 5 atom stereocenters. The summed E-state index contributed by atoms with van der Waals surface area (Å²) in [4.78, 5) is 12.1. The molecular weight excluding hydrogens is 593 g/mol. The second-order valence-corrected chi connectivity index (χ2v) is 14.1. The number of hydrogen-bond donors (Lipinski definition) is 1. The minimum Gasteiger partial charge on any atom is -0.390 e. The topological polar surface area (TPSA) is 101 Å². The molecule has 3 heterocycles. The van der Waals surface area contributed by atoms with Crippen LogP contribution in [0.4, 0.5) is 0 Å². The summed E-state index contributed by atoms with van der Waals surface area (Å²) < 4.78 is 25.5. The Morgan fingerprint density at radius 3 is 2.67 bits per heavy atom. The molecule has 5 rings (SSSR count). The zero-order valence-corrected chi connectivity index (χ0v) is 26.2. The van der Waals surface area contributed by atoms with E-state index in [1.165, 1.54) is 6.26 Å². The number of halogens is 3. The molecule has 1 aliphatic carbocycles.